The number of hydrogen-bond donors (Lipinski definition) is 0. The Balaban J connectivity index is 1.30. The standard InChI is InChI=1S/C25H26F2O4/c1-16(30-23(28)17-5-6-17)24-7-9-25(10-8-24,29-15-24)18-3-2-4-21(11-18)31-22-13-19(26)12-20(27)14-22/h2-4,11-14,16-17H,5-10,15H2,1H3/t16-,24?,25?/m1/s1. The summed E-state index contributed by atoms with van der Waals surface area (Å²) in [6.45, 7) is 2.54. The molecule has 0 N–H and O–H groups in total. The summed E-state index contributed by atoms with van der Waals surface area (Å²) in [5.74, 6) is -0.704. The summed E-state index contributed by atoms with van der Waals surface area (Å²) < 4.78 is 44.9. The molecule has 2 aromatic carbocycles. The third kappa shape index (κ3) is 3.93. The Kier molecular flexibility index (Phi) is 5.00. The molecule has 0 spiro atoms. The molecular weight excluding hydrogens is 402 g/mol. The molecule has 0 radical (unpaired) electrons. The van der Waals surface area contributed by atoms with Crippen LogP contribution in [0.2, 0.25) is 0 Å². The van der Waals surface area contributed by atoms with Crippen LogP contribution < -0.4 is 4.74 Å². The highest BCUT2D eigenvalue weighted by molar-refractivity contribution is 5.75. The fourth-order valence-corrected chi connectivity index (χ4v) is 4.90. The highest BCUT2D eigenvalue weighted by Gasteiger charge is 2.54. The van der Waals surface area contributed by atoms with Crippen molar-refractivity contribution in [2.45, 2.75) is 57.2 Å². The third-order valence-corrected chi connectivity index (χ3v) is 7.19. The number of carbonyl (C=O) groups excluding carboxylic acids is 1. The maximum Gasteiger partial charge on any atom is 0.309 e. The maximum atomic E-state index is 13.5. The molecule has 2 saturated carbocycles. The average Bonchev–Trinajstić information content (AvgIpc) is 3.60. The van der Waals surface area contributed by atoms with Crippen molar-refractivity contribution in [3.8, 4) is 11.5 Å². The van der Waals surface area contributed by atoms with Crippen molar-refractivity contribution < 1.29 is 27.8 Å². The predicted octanol–water partition coefficient (Wildman–Crippen LogP) is 5.88. The van der Waals surface area contributed by atoms with Crippen molar-refractivity contribution in [2.24, 2.45) is 11.3 Å². The van der Waals surface area contributed by atoms with Gasteiger partial charge in [-0.15, -0.1) is 0 Å². The molecule has 2 aliphatic carbocycles. The van der Waals surface area contributed by atoms with Gasteiger partial charge < -0.3 is 14.2 Å². The molecule has 0 amide bonds. The van der Waals surface area contributed by atoms with E-state index in [2.05, 4.69) is 0 Å². The summed E-state index contributed by atoms with van der Waals surface area (Å²) in [6, 6.07) is 10.7. The molecule has 0 aromatic heterocycles. The number of fused-ring (bicyclic) bond motifs is 3. The molecule has 31 heavy (non-hydrogen) atoms. The van der Waals surface area contributed by atoms with Crippen LogP contribution >= 0.6 is 0 Å². The molecule has 2 aromatic rings. The van der Waals surface area contributed by atoms with Crippen molar-refractivity contribution in [3.63, 3.8) is 0 Å². The monoisotopic (exact) mass is 428 g/mol. The second-order valence-electron chi connectivity index (χ2n) is 9.23. The molecule has 4 aliphatic rings. The first kappa shape index (κ1) is 20.4. The summed E-state index contributed by atoms with van der Waals surface area (Å²) in [4.78, 5) is 12.1. The normalized spacial score (nSPS) is 28.2. The minimum absolute atomic E-state index is 0.0667. The van der Waals surface area contributed by atoms with Gasteiger partial charge in [0.2, 0.25) is 0 Å². The van der Waals surface area contributed by atoms with E-state index in [9.17, 15) is 13.6 Å². The Morgan fingerprint density at radius 2 is 1.74 bits per heavy atom. The highest BCUT2D eigenvalue weighted by Crippen LogP contribution is 2.56. The SMILES string of the molecule is C[C@@H](OC(=O)C1CC1)C12CCC(c3cccc(Oc4cc(F)cc(F)c4)c3)(CC1)OC2. The zero-order chi connectivity index (χ0) is 21.6. The van der Waals surface area contributed by atoms with Crippen LogP contribution in [0, 0.1) is 23.0 Å². The minimum atomic E-state index is -0.680. The van der Waals surface area contributed by atoms with Crippen molar-refractivity contribution in [1.82, 2.24) is 0 Å². The van der Waals surface area contributed by atoms with Gasteiger partial charge in [0.1, 0.15) is 29.2 Å². The number of halogens is 2. The van der Waals surface area contributed by atoms with Gasteiger partial charge in [0.15, 0.2) is 0 Å². The van der Waals surface area contributed by atoms with Crippen LogP contribution in [0.25, 0.3) is 0 Å². The van der Waals surface area contributed by atoms with E-state index in [1.807, 2.05) is 25.1 Å². The molecule has 6 rings (SSSR count). The molecule has 1 atom stereocenters. The lowest BCUT2D eigenvalue weighted by molar-refractivity contribution is -0.223. The van der Waals surface area contributed by atoms with E-state index in [-0.39, 0.29) is 29.2 Å². The summed E-state index contributed by atoms with van der Waals surface area (Å²) in [5.41, 5.74) is 0.464. The number of esters is 1. The molecular formula is C25H26F2O4. The Morgan fingerprint density at radius 1 is 1.03 bits per heavy atom. The van der Waals surface area contributed by atoms with Crippen LogP contribution in [0.1, 0.15) is 51.0 Å². The summed E-state index contributed by atoms with van der Waals surface area (Å²) in [5, 5.41) is 0. The quantitative estimate of drug-likeness (QED) is 0.539. The van der Waals surface area contributed by atoms with E-state index in [4.69, 9.17) is 14.2 Å². The lowest BCUT2D eigenvalue weighted by atomic mass is 9.62. The van der Waals surface area contributed by atoms with Crippen LogP contribution in [0.4, 0.5) is 8.78 Å². The van der Waals surface area contributed by atoms with E-state index in [1.165, 1.54) is 0 Å². The number of hydrogen-bond acceptors (Lipinski definition) is 4. The molecule has 164 valence electrons. The Labute approximate surface area is 180 Å². The van der Waals surface area contributed by atoms with Crippen LogP contribution in [-0.2, 0) is 19.9 Å². The molecule has 2 aliphatic heterocycles. The Bertz CT molecular complexity index is 956. The highest BCUT2D eigenvalue weighted by atomic mass is 19.1. The number of benzene rings is 2. The second-order valence-corrected chi connectivity index (χ2v) is 9.23. The molecule has 2 heterocycles. The fraction of sp³-hybridized carbons (Fsp3) is 0.480. The maximum absolute atomic E-state index is 13.5. The lowest BCUT2D eigenvalue weighted by Gasteiger charge is -2.55. The van der Waals surface area contributed by atoms with Crippen molar-refractivity contribution in [1.29, 1.82) is 0 Å². The first-order valence-electron chi connectivity index (χ1n) is 11.0. The van der Waals surface area contributed by atoms with E-state index >= 15 is 0 Å². The van der Waals surface area contributed by atoms with Crippen LogP contribution in [0.5, 0.6) is 11.5 Å². The van der Waals surface area contributed by atoms with E-state index < -0.39 is 17.2 Å². The largest absolute Gasteiger partial charge is 0.462 e. The zero-order valence-electron chi connectivity index (χ0n) is 17.5. The van der Waals surface area contributed by atoms with Gasteiger partial charge in [0, 0.05) is 23.6 Å². The van der Waals surface area contributed by atoms with Crippen molar-refractivity contribution in [2.75, 3.05) is 6.61 Å². The predicted molar refractivity (Wildman–Crippen MR) is 110 cm³/mol. The van der Waals surface area contributed by atoms with Gasteiger partial charge in [-0.25, -0.2) is 8.78 Å². The van der Waals surface area contributed by atoms with Gasteiger partial charge in [-0.3, -0.25) is 4.79 Å². The molecule has 2 bridgehead atoms. The van der Waals surface area contributed by atoms with Crippen LogP contribution in [-0.4, -0.2) is 18.7 Å². The topological polar surface area (TPSA) is 44.8 Å². The van der Waals surface area contributed by atoms with Gasteiger partial charge in [0.25, 0.3) is 0 Å². The number of ether oxygens (including phenoxy) is 3. The lowest BCUT2D eigenvalue weighted by Crippen LogP contribution is -2.54. The van der Waals surface area contributed by atoms with Crippen LogP contribution in [0.3, 0.4) is 0 Å². The molecule has 6 heteroatoms. The van der Waals surface area contributed by atoms with E-state index in [1.54, 1.807) is 6.07 Å². The smallest absolute Gasteiger partial charge is 0.309 e. The van der Waals surface area contributed by atoms with E-state index in [0.717, 1.165) is 62.3 Å². The second kappa shape index (κ2) is 7.59. The van der Waals surface area contributed by atoms with Gasteiger partial charge in [-0.05, 0) is 63.1 Å². The number of carbonyl (C=O) groups is 1. The molecule has 0 unspecified atom stereocenters. The molecule has 4 fully saturated rings. The summed E-state index contributed by atoms with van der Waals surface area (Å²) in [6.07, 6.45) is 5.24. The first-order chi connectivity index (χ1) is 14.9. The zero-order valence-corrected chi connectivity index (χ0v) is 17.5. The fourth-order valence-electron chi connectivity index (χ4n) is 4.90. The third-order valence-electron chi connectivity index (χ3n) is 7.19. The van der Waals surface area contributed by atoms with Gasteiger partial charge in [-0.1, -0.05) is 12.1 Å². The number of rotatable bonds is 6. The van der Waals surface area contributed by atoms with Crippen molar-refractivity contribution >= 4 is 5.97 Å². The first-order valence-corrected chi connectivity index (χ1v) is 11.0. The van der Waals surface area contributed by atoms with Gasteiger partial charge in [0.05, 0.1) is 18.1 Å². The van der Waals surface area contributed by atoms with Gasteiger partial charge in [-0.2, -0.15) is 0 Å². The van der Waals surface area contributed by atoms with Crippen molar-refractivity contribution in [3.05, 3.63) is 59.7 Å². The molecule has 4 nitrogen and oxygen atoms in total. The van der Waals surface area contributed by atoms with E-state index in [0.29, 0.717) is 12.4 Å². The Morgan fingerprint density at radius 3 is 2.35 bits per heavy atom. The summed E-state index contributed by atoms with van der Waals surface area (Å²) >= 11 is 0. The molecule has 2 saturated heterocycles. The van der Waals surface area contributed by atoms with Crippen LogP contribution in [0.15, 0.2) is 42.5 Å². The van der Waals surface area contributed by atoms with Gasteiger partial charge >= 0.3 is 5.97 Å². The summed E-state index contributed by atoms with van der Waals surface area (Å²) in [7, 11) is 0. The Hall–Kier alpha value is -2.47. The average molecular weight is 428 g/mol. The minimum Gasteiger partial charge on any atom is -0.462 e.